The minimum atomic E-state index is -0.508. The van der Waals surface area contributed by atoms with Crippen molar-refractivity contribution in [2.75, 3.05) is 11.9 Å². The summed E-state index contributed by atoms with van der Waals surface area (Å²) in [6, 6.07) is 6.86. The van der Waals surface area contributed by atoms with Gasteiger partial charge in [-0.25, -0.2) is 9.78 Å². The average Bonchev–Trinajstić information content (AvgIpc) is 3.29. The zero-order valence-corrected chi connectivity index (χ0v) is 19.3. The predicted molar refractivity (Wildman–Crippen MR) is 127 cm³/mol. The van der Waals surface area contributed by atoms with Crippen LogP contribution in [0.15, 0.2) is 35.3 Å². The molecule has 1 aliphatic rings. The van der Waals surface area contributed by atoms with Crippen molar-refractivity contribution >= 4 is 44.8 Å². The number of anilines is 1. The van der Waals surface area contributed by atoms with Gasteiger partial charge >= 0.3 is 5.97 Å². The average molecular weight is 465 g/mol. The van der Waals surface area contributed by atoms with Crippen LogP contribution in [0.4, 0.5) is 5.69 Å². The fraction of sp³-hybridized carbons (Fsp3) is 0.333. The zero-order valence-electron chi connectivity index (χ0n) is 18.5. The van der Waals surface area contributed by atoms with Gasteiger partial charge in [0.1, 0.15) is 10.5 Å². The van der Waals surface area contributed by atoms with E-state index in [0.29, 0.717) is 17.0 Å². The van der Waals surface area contributed by atoms with Crippen molar-refractivity contribution in [2.24, 2.45) is 0 Å². The van der Waals surface area contributed by atoms with Crippen molar-refractivity contribution in [1.82, 2.24) is 14.0 Å². The maximum absolute atomic E-state index is 13.1. The maximum Gasteiger partial charge on any atom is 0.357 e. The number of hydrogen-bond donors (Lipinski definition) is 1. The number of fused-ring (bicyclic) bond motifs is 4. The molecule has 0 atom stereocenters. The second kappa shape index (κ2) is 8.47. The largest absolute Gasteiger partial charge is 0.461 e. The molecule has 1 aliphatic carbocycles. The van der Waals surface area contributed by atoms with Crippen molar-refractivity contribution < 1.29 is 14.3 Å². The lowest BCUT2D eigenvalue weighted by atomic mass is 9.96. The van der Waals surface area contributed by atoms with Crippen molar-refractivity contribution in [3.63, 3.8) is 0 Å². The van der Waals surface area contributed by atoms with E-state index in [4.69, 9.17) is 4.74 Å². The summed E-state index contributed by atoms with van der Waals surface area (Å²) < 4.78 is 8.70. The molecule has 9 heteroatoms. The first-order chi connectivity index (χ1) is 16.0. The third kappa shape index (κ3) is 3.72. The van der Waals surface area contributed by atoms with E-state index in [-0.39, 0.29) is 30.3 Å². The lowest BCUT2D eigenvalue weighted by molar-refractivity contribution is -0.114. The summed E-state index contributed by atoms with van der Waals surface area (Å²) in [4.78, 5) is 44.7. The monoisotopic (exact) mass is 464 g/mol. The van der Waals surface area contributed by atoms with Gasteiger partial charge in [-0.3, -0.25) is 14.0 Å². The van der Waals surface area contributed by atoms with Gasteiger partial charge in [-0.15, -0.1) is 11.3 Å². The highest BCUT2D eigenvalue weighted by Gasteiger charge is 2.30. The number of amides is 1. The van der Waals surface area contributed by atoms with E-state index in [2.05, 4.69) is 10.3 Å². The van der Waals surface area contributed by atoms with Crippen molar-refractivity contribution in [3.05, 3.63) is 62.6 Å². The number of carbonyl (C=O) groups excluding carboxylic acids is 2. The van der Waals surface area contributed by atoms with Crippen molar-refractivity contribution in [1.29, 1.82) is 0 Å². The van der Waals surface area contributed by atoms with Gasteiger partial charge in [-0.1, -0.05) is 6.07 Å². The number of nitrogens with one attached hydrogen (secondary N) is 1. The number of pyridine rings is 1. The molecule has 0 saturated carbocycles. The molecule has 0 fully saturated rings. The fourth-order valence-corrected chi connectivity index (χ4v) is 5.96. The molecule has 0 spiro atoms. The Morgan fingerprint density at radius 2 is 2.06 bits per heavy atom. The molecule has 4 aromatic heterocycles. The Kier molecular flexibility index (Phi) is 5.49. The van der Waals surface area contributed by atoms with Crippen LogP contribution in [0, 0.1) is 0 Å². The summed E-state index contributed by atoms with van der Waals surface area (Å²) in [7, 11) is 0. The number of carbonyl (C=O) groups is 2. The minimum absolute atomic E-state index is 0.191. The Balaban J connectivity index is 1.75. The number of ether oxygens (including phenoxy) is 1. The summed E-state index contributed by atoms with van der Waals surface area (Å²) >= 11 is 1.64. The van der Waals surface area contributed by atoms with Crippen LogP contribution in [0.1, 0.15) is 53.3 Å². The smallest absolute Gasteiger partial charge is 0.357 e. The summed E-state index contributed by atoms with van der Waals surface area (Å²) in [6.45, 7) is 3.61. The highest BCUT2D eigenvalue weighted by atomic mass is 32.1. The van der Waals surface area contributed by atoms with Crippen LogP contribution >= 0.6 is 11.3 Å². The molecule has 0 aromatic carbocycles. The predicted octanol–water partition coefficient (Wildman–Crippen LogP) is 3.77. The van der Waals surface area contributed by atoms with Crippen LogP contribution in [0.3, 0.4) is 0 Å². The highest BCUT2D eigenvalue weighted by Crippen LogP contribution is 2.44. The van der Waals surface area contributed by atoms with Crippen molar-refractivity contribution in [3.8, 4) is 0 Å². The quantitative estimate of drug-likeness (QED) is 0.454. The number of hydrogen-bond acceptors (Lipinski definition) is 6. The van der Waals surface area contributed by atoms with Crippen LogP contribution in [0.5, 0.6) is 0 Å². The van der Waals surface area contributed by atoms with E-state index in [1.807, 2.05) is 10.6 Å². The van der Waals surface area contributed by atoms with Gasteiger partial charge in [-0.05, 0) is 50.3 Å². The molecule has 33 heavy (non-hydrogen) atoms. The van der Waals surface area contributed by atoms with Crippen LogP contribution in [0.25, 0.3) is 15.9 Å². The van der Waals surface area contributed by atoms with E-state index in [1.165, 1.54) is 27.8 Å². The van der Waals surface area contributed by atoms with Gasteiger partial charge in [0.2, 0.25) is 5.91 Å². The van der Waals surface area contributed by atoms with E-state index in [1.54, 1.807) is 36.6 Å². The van der Waals surface area contributed by atoms with Crippen molar-refractivity contribution in [2.45, 2.75) is 46.1 Å². The Bertz CT molecular complexity index is 1460. The number of aromatic nitrogens is 3. The third-order valence-corrected chi connectivity index (χ3v) is 7.18. The summed E-state index contributed by atoms with van der Waals surface area (Å²) in [6.07, 6.45) is 5.76. The molecule has 4 aromatic rings. The molecule has 1 amide bonds. The molecule has 0 bridgehead atoms. The summed E-state index contributed by atoms with van der Waals surface area (Å²) in [5.74, 6) is -0.760. The Morgan fingerprint density at radius 3 is 2.85 bits per heavy atom. The first-order valence-corrected chi connectivity index (χ1v) is 11.9. The molecule has 0 radical (unpaired) electrons. The summed E-state index contributed by atoms with van der Waals surface area (Å²) in [5, 5.41) is 3.81. The number of nitrogens with zero attached hydrogens (tertiary/aromatic N) is 3. The fourth-order valence-electron chi connectivity index (χ4n) is 4.56. The van der Waals surface area contributed by atoms with Gasteiger partial charge in [0, 0.05) is 29.5 Å². The normalized spacial score (nSPS) is 13.3. The second-order valence-electron chi connectivity index (χ2n) is 8.12. The Hall–Kier alpha value is -3.46. The van der Waals surface area contributed by atoms with E-state index in [0.717, 1.165) is 35.9 Å². The number of rotatable bonds is 5. The van der Waals surface area contributed by atoms with Crippen LogP contribution < -0.4 is 10.9 Å². The van der Waals surface area contributed by atoms with Crippen LogP contribution in [-0.2, 0) is 28.9 Å². The lowest BCUT2D eigenvalue weighted by Gasteiger charge is -2.14. The van der Waals surface area contributed by atoms with E-state index in [9.17, 15) is 14.4 Å². The number of thiophene rings is 1. The van der Waals surface area contributed by atoms with Crippen LogP contribution in [-0.4, -0.2) is 32.4 Å². The van der Waals surface area contributed by atoms with Crippen LogP contribution in [0.2, 0.25) is 0 Å². The second-order valence-corrected chi connectivity index (χ2v) is 9.20. The standard InChI is InChI=1S/C24H24N4O4S/c1-3-32-24(31)22-21(25-14(2)29)20-16-8-4-5-9-17(16)33-23(20)28(22)13-15-12-19(30)27-11-7-6-10-18(27)26-15/h6-7,10-12H,3-5,8-9,13H2,1-2H3,(H,25,29). The Labute approximate surface area is 193 Å². The van der Waals surface area contributed by atoms with Gasteiger partial charge in [0.15, 0.2) is 5.69 Å². The van der Waals surface area contributed by atoms with Gasteiger partial charge < -0.3 is 14.6 Å². The first-order valence-electron chi connectivity index (χ1n) is 11.1. The highest BCUT2D eigenvalue weighted by molar-refractivity contribution is 7.19. The molecule has 1 N–H and O–H groups in total. The first kappa shape index (κ1) is 21.4. The molecule has 0 saturated heterocycles. The van der Waals surface area contributed by atoms with Gasteiger partial charge in [-0.2, -0.15) is 0 Å². The molecule has 0 aliphatic heterocycles. The molecule has 5 rings (SSSR count). The van der Waals surface area contributed by atoms with Gasteiger partial charge in [0.05, 0.1) is 24.5 Å². The molecular weight excluding hydrogens is 440 g/mol. The molecular formula is C24H24N4O4S. The number of aryl methyl sites for hydroxylation is 2. The zero-order chi connectivity index (χ0) is 23.1. The van der Waals surface area contributed by atoms with E-state index >= 15 is 0 Å². The summed E-state index contributed by atoms with van der Waals surface area (Å²) in [5.41, 5.74) is 2.86. The maximum atomic E-state index is 13.1. The lowest BCUT2D eigenvalue weighted by Crippen LogP contribution is -2.19. The Morgan fingerprint density at radius 1 is 1.24 bits per heavy atom. The molecule has 0 unspecified atom stereocenters. The SMILES string of the molecule is CCOC(=O)c1c(NC(C)=O)c2c3c(sc2n1Cc1cc(=O)n2ccccc2n1)CCCC3. The van der Waals surface area contributed by atoms with Gasteiger partial charge in [0.25, 0.3) is 5.56 Å². The molecule has 8 nitrogen and oxygen atoms in total. The molecule has 4 heterocycles. The number of esters is 1. The topological polar surface area (TPSA) is 94.7 Å². The third-order valence-electron chi connectivity index (χ3n) is 5.87. The van der Waals surface area contributed by atoms with E-state index < -0.39 is 5.97 Å². The minimum Gasteiger partial charge on any atom is -0.461 e. The molecule has 170 valence electrons.